The molecule has 78 valence electrons. The van der Waals surface area contributed by atoms with Crippen LogP contribution in [-0.2, 0) is 0 Å². The van der Waals surface area contributed by atoms with Crippen LogP contribution in [0.15, 0.2) is 6.20 Å². The Hall–Kier alpha value is -1.20. The van der Waals surface area contributed by atoms with Crippen LogP contribution in [0.4, 0.5) is 0 Å². The van der Waals surface area contributed by atoms with Crippen LogP contribution in [0.3, 0.4) is 0 Å². The topological polar surface area (TPSA) is 81.3 Å². The minimum absolute atomic E-state index is 0.0621. The van der Waals surface area contributed by atoms with Crippen molar-refractivity contribution in [3.63, 3.8) is 0 Å². The SMILES string of the molecule is COc1ncc(C(N)CCO)c(C)n1. The minimum Gasteiger partial charge on any atom is -0.467 e. The quantitative estimate of drug-likeness (QED) is 0.719. The van der Waals surface area contributed by atoms with E-state index in [1.54, 1.807) is 6.20 Å². The van der Waals surface area contributed by atoms with Crippen LogP contribution in [0, 0.1) is 6.92 Å². The predicted molar refractivity (Wildman–Crippen MR) is 52.0 cm³/mol. The average Bonchev–Trinajstić information content (AvgIpc) is 2.17. The van der Waals surface area contributed by atoms with Crippen molar-refractivity contribution in [2.24, 2.45) is 5.73 Å². The minimum atomic E-state index is -0.217. The highest BCUT2D eigenvalue weighted by molar-refractivity contribution is 5.21. The zero-order valence-electron chi connectivity index (χ0n) is 8.40. The molecule has 0 bridgehead atoms. The Kier molecular flexibility index (Phi) is 3.79. The van der Waals surface area contributed by atoms with Gasteiger partial charge in [-0.15, -0.1) is 0 Å². The highest BCUT2D eigenvalue weighted by atomic mass is 16.5. The molecule has 0 saturated carbocycles. The van der Waals surface area contributed by atoms with Crippen LogP contribution in [0.5, 0.6) is 6.01 Å². The summed E-state index contributed by atoms with van der Waals surface area (Å²) >= 11 is 0. The summed E-state index contributed by atoms with van der Waals surface area (Å²) in [7, 11) is 1.52. The van der Waals surface area contributed by atoms with Gasteiger partial charge in [-0.05, 0) is 13.3 Å². The van der Waals surface area contributed by atoms with Gasteiger partial charge in [-0.3, -0.25) is 0 Å². The normalized spacial score (nSPS) is 12.6. The summed E-state index contributed by atoms with van der Waals surface area (Å²) in [5.41, 5.74) is 7.45. The first-order chi connectivity index (χ1) is 6.69. The summed E-state index contributed by atoms with van der Waals surface area (Å²) in [4.78, 5) is 8.07. The van der Waals surface area contributed by atoms with Crippen LogP contribution < -0.4 is 10.5 Å². The van der Waals surface area contributed by atoms with E-state index >= 15 is 0 Å². The van der Waals surface area contributed by atoms with Gasteiger partial charge in [0.25, 0.3) is 0 Å². The van der Waals surface area contributed by atoms with Crippen LogP contribution in [0.1, 0.15) is 23.7 Å². The summed E-state index contributed by atoms with van der Waals surface area (Å²) in [6.45, 7) is 1.91. The largest absolute Gasteiger partial charge is 0.467 e. The van der Waals surface area contributed by atoms with E-state index in [9.17, 15) is 0 Å². The van der Waals surface area contributed by atoms with E-state index in [-0.39, 0.29) is 12.6 Å². The Balaban J connectivity index is 2.88. The molecule has 0 radical (unpaired) electrons. The van der Waals surface area contributed by atoms with Gasteiger partial charge in [0.1, 0.15) is 0 Å². The van der Waals surface area contributed by atoms with E-state index in [0.29, 0.717) is 12.4 Å². The number of ether oxygens (including phenoxy) is 1. The fraction of sp³-hybridized carbons (Fsp3) is 0.556. The third kappa shape index (κ3) is 2.40. The van der Waals surface area contributed by atoms with Crippen molar-refractivity contribution in [2.45, 2.75) is 19.4 Å². The van der Waals surface area contributed by atoms with Gasteiger partial charge < -0.3 is 15.6 Å². The maximum Gasteiger partial charge on any atom is 0.316 e. The highest BCUT2D eigenvalue weighted by Gasteiger charge is 2.10. The lowest BCUT2D eigenvalue weighted by molar-refractivity contribution is 0.276. The number of nitrogens with zero attached hydrogens (tertiary/aromatic N) is 2. The van der Waals surface area contributed by atoms with E-state index in [0.717, 1.165) is 11.3 Å². The maximum absolute atomic E-state index is 8.74. The number of aliphatic hydroxyl groups excluding tert-OH is 1. The zero-order valence-corrected chi connectivity index (χ0v) is 8.40. The first-order valence-electron chi connectivity index (χ1n) is 4.43. The van der Waals surface area contributed by atoms with Gasteiger partial charge in [-0.25, -0.2) is 9.97 Å². The van der Waals surface area contributed by atoms with E-state index in [1.165, 1.54) is 7.11 Å². The number of aromatic nitrogens is 2. The summed E-state index contributed by atoms with van der Waals surface area (Å²) in [5, 5.41) is 8.74. The Morgan fingerprint density at radius 3 is 2.86 bits per heavy atom. The van der Waals surface area contributed by atoms with Crippen molar-refractivity contribution in [2.75, 3.05) is 13.7 Å². The smallest absolute Gasteiger partial charge is 0.316 e. The van der Waals surface area contributed by atoms with Crippen molar-refractivity contribution in [1.29, 1.82) is 0 Å². The lowest BCUT2D eigenvalue weighted by atomic mass is 10.1. The molecule has 0 fully saturated rings. The second-order valence-electron chi connectivity index (χ2n) is 3.02. The van der Waals surface area contributed by atoms with Gasteiger partial charge in [0, 0.05) is 30.1 Å². The van der Waals surface area contributed by atoms with Gasteiger partial charge in [-0.2, -0.15) is 0 Å². The monoisotopic (exact) mass is 197 g/mol. The number of methoxy groups -OCH3 is 1. The fourth-order valence-electron chi connectivity index (χ4n) is 1.21. The van der Waals surface area contributed by atoms with Crippen LogP contribution in [0.25, 0.3) is 0 Å². The number of hydrogen-bond acceptors (Lipinski definition) is 5. The number of hydrogen-bond donors (Lipinski definition) is 2. The summed E-state index contributed by atoms with van der Waals surface area (Å²) in [6, 6.07) is 0.119. The Bertz CT molecular complexity index is 304. The molecule has 1 aromatic rings. The maximum atomic E-state index is 8.74. The molecule has 1 aromatic heterocycles. The number of nitrogens with two attached hydrogens (primary N) is 1. The molecule has 5 nitrogen and oxygen atoms in total. The van der Waals surface area contributed by atoms with Crippen molar-refractivity contribution in [1.82, 2.24) is 9.97 Å². The van der Waals surface area contributed by atoms with E-state index < -0.39 is 0 Å². The van der Waals surface area contributed by atoms with Crippen molar-refractivity contribution >= 4 is 0 Å². The average molecular weight is 197 g/mol. The number of rotatable bonds is 4. The predicted octanol–water partition coefficient (Wildman–Crippen LogP) is 0.176. The third-order valence-electron chi connectivity index (χ3n) is 2.02. The Labute approximate surface area is 82.9 Å². The van der Waals surface area contributed by atoms with Gasteiger partial charge in [0.05, 0.1) is 7.11 Å². The van der Waals surface area contributed by atoms with Crippen molar-refractivity contribution in [3.8, 4) is 6.01 Å². The van der Waals surface area contributed by atoms with Crippen molar-refractivity contribution in [3.05, 3.63) is 17.5 Å². The summed E-state index contributed by atoms with van der Waals surface area (Å²) < 4.78 is 4.88. The molecular formula is C9H15N3O2. The summed E-state index contributed by atoms with van der Waals surface area (Å²) in [5.74, 6) is 0. The van der Waals surface area contributed by atoms with Gasteiger partial charge in [0.2, 0.25) is 0 Å². The molecule has 3 N–H and O–H groups in total. The molecule has 0 spiro atoms. The molecule has 0 amide bonds. The van der Waals surface area contributed by atoms with E-state index in [2.05, 4.69) is 9.97 Å². The number of aliphatic hydroxyl groups is 1. The number of aryl methyl sites for hydroxylation is 1. The molecule has 5 heteroatoms. The molecule has 1 atom stereocenters. The molecule has 1 heterocycles. The van der Waals surface area contributed by atoms with E-state index in [1.807, 2.05) is 6.92 Å². The lowest BCUT2D eigenvalue weighted by Crippen LogP contribution is -2.14. The standard InChI is InChI=1S/C9H15N3O2/c1-6-7(8(10)3-4-13)5-11-9(12-6)14-2/h5,8,13H,3-4,10H2,1-2H3. The molecular weight excluding hydrogens is 182 g/mol. The van der Waals surface area contributed by atoms with Gasteiger partial charge in [0.15, 0.2) is 0 Å². The Morgan fingerprint density at radius 1 is 1.64 bits per heavy atom. The molecule has 1 rings (SSSR count). The molecule has 14 heavy (non-hydrogen) atoms. The first-order valence-corrected chi connectivity index (χ1v) is 4.43. The van der Waals surface area contributed by atoms with Gasteiger partial charge in [-0.1, -0.05) is 0 Å². The molecule has 0 aliphatic heterocycles. The van der Waals surface area contributed by atoms with E-state index in [4.69, 9.17) is 15.6 Å². The zero-order chi connectivity index (χ0) is 10.6. The molecule has 0 aliphatic carbocycles. The highest BCUT2D eigenvalue weighted by Crippen LogP contribution is 2.17. The molecule has 0 saturated heterocycles. The van der Waals surface area contributed by atoms with Crippen LogP contribution in [-0.4, -0.2) is 28.8 Å². The summed E-state index contributed by atoms with van der Waals surface area (Å²) in [6.07, 6.45) is 2.15. The molecule has 0 aliphatic rings. The Morgan fingerprint density at radius 2 is 2.36 bits per heavy atom. The molecule has 0 aromatic carbocycles. The molecule has 1 unspecified atom stereocenters. The lowest BCUT2D eigenvalue weighted by Gasteiger charge is -2.12. The van der Waals surface area contributed by atoms with Crippen LogP contribution >= 0.6 is 0 Å². The third-order valence-corrected chi connectivity index (χ3v) is 2.02. The second kappa shape index (κ2) is 4.88. The van der Waals surface area contributed by atoms with Gasteiger partial charge >= 0.3 is 6.01 Å². The fourth-order valence-corrected chi connectivity index (χ4v) is 1.21. The van der Waals surface area contributed by atoms with Crippen LogP contribution in [0.2, 0.25) is 0 Å². The second-order valence-corrected chi connectivity index (χ2v) is 3.02. The first kappa shape index (κ1) is 10.9. The van der Waals surface area contributed by atoms with Crippen molar-refractivity contribution < 1.29 is 9.84 Å².